The van der Waals surface area contributed by atoms with E-state index in [0.717, 1.165) is 23.7 Å². The van der Waals surface area contributed by atoms with E-state index >= 15 is 0 Å². The van der Waals surface area contributed by atoms with Crippen LogP contribution in [0.2, 0.25) is 0 Å². The monoisotopic (exact) mass is 283 g/mol. The number of aliphatic hydroxyl groups is 1. The number of methoxy groups -OCH3 is 1. The minimum Gasteiger partial charge on any atom is -0.382 e. The molecule has 106 valence electrons. The molecule has 1 aromatic rings. The predicted octanol–water partition coefficient (Wildman–Crippen LogP) is 2.24. The zero-order valence-electron chi connectivity index (χ0n) is 11.2. The van der Waals surface area contributed by atoms with Gasteiger partial charge in [0.1, 0.15) is 16.8 Å². The highest BCUT2D eigenvalue weighted by molar-refractivity contribution is 8.29. The Kier molecular flexibility index (Phi) is 3.91. The Morgan fingerprint density at radius 1 is 1.47 bits per heavy atom. The van der Waals surface area contributed by atoms with Gasteiger partial charge in [-0.05, 0) is 18.8 Å². The fourth-order valence-corrected chi connectivity index (χ4v) is 5.44. The van der Waals surface area contributed by atoms with Gasteiger partial charge < -0.3 is 9.84 Å². The summed E-state index contributed by atoms with van der Waals surface area (Å²) >= 11 is -0.843. The summed E-state index contributed by atoms with van der Waals surface area (Å²) in [5.74, 6) is 1.25. The van der Waals surface area contributed by atoms with Crippen molar-refractivity contribution in [3.8, 4) is 0 Å². The van der Waals surface area contributed by atoms with Gasteiger partial charge in [0.15, 0.2) is 5.82 Å². The SMILES string of the molecule is COCC1=Nc2cncn2[SH]1C(O)C1CCCCC1. The number of aliphatic imine (C=N–C) groups is 1. The number of aromatic nitrogens is 2. The number of aliphatic hydroxyl groups excluding tert-OH is 1. The van der Waals surface area contributed by atoms with Crippen molar-refractivity contribution in [1.82, 2.24) is 8.96 Å². The minimum atomic E-state index is -0.843. The number of hydrogen-bond acceptors (Lipinski definition) is 4. The highest BCUT2D eigenvalue weighted by Gasteiger charge is 2.34. The molecule has 0 saturated heterocycles. The molecule has 0 amide bonds. The van der Waals surface area contributed by atoms with Crippen molar-refractivity contribution < 1.29 is 9.84 Å². The molecule has 1 N–H and O–H groups in total. The molecule has 2 atom stereocenters. The van der Waals surface area contributed by atoms with Crippen LogP contribution in [0.5, 0.6) is 0 Å². The molecule has 2 aliphatic rings. The fraction of sp³-hybridized carbons (Fsp3) is 0.692. The van der Waals surface area contributed by atoms with Crippen LogP contribution in [0, 0.1) is 5.92 Å². The fourth-order valence-electron chi connectivity index (χ4n) is 2.98. The van der Waals surface area contributed by atoms with Crippen molar-refractivity contribution in [1.29, 1.82) is 0 Å². The van der Waals surface area contributed by atoms with Crippen molar-refractivity contribution in [2.24, 2.45) is 10.9 Å². The van der Waals surface area contributed by atoms with Crippen molar-refractivity contribution in [2.75, 3.05) is 13.7 Å². The molecule has 0 aromatic carbocycles. The van der Waals surface area contributed by atoms with Crippen LogP contribution in [0.1, 0.15) is 32.1 Å². The van der Waals surface area contributed by atoms with E-state index in [4.69, 9.17) is 4.74 Å². The van der Waals surface area contributed by atoms with Gasteiger partial charge in [0.05, 0.1) is 12.8 Å². The third-order valence-corrected chi connectivity index (χ3v) is 6.39. The molecule has 19 heavy (non-hydrogen) atoms. The van der Waals surface area contributed by atoms with E-state index in [1.165, 1.54) is 19.3 Å². The Morgan fingerprint density at radius 2 is 2.26 bits per heavy atom. The smallest absolute Gasteiger partial charge is 0.162 e. The topological polar surface area (TPSA) is 59.6 Å². The van der Waals surface area contributed by atoms with Crippen LogP contribution in [0.25, 0.3) is 0 Å². The van der Waals surface area contributed by atoms with Gasteiger partial charge in [-0.15, -0.1) is 11.1 Å². The van der Waals surface area contributed by atoms with E-state index in [1.807, 2.05) is 3.97 Å². The van der Waals surface area contributed by atoms with Crippen LogP contribution in [-0.2, 0) is 4.74 Å². The molecule has 0 radical (unpaired) electrons. The van der Waals surface area contributed by atoms with Crippen LogP contribution in [0.15, 0.2) is 17.5 Å². The first-order chi connectivity index (χ1) is 9.31. The lowest BCUT2D eigenvalue weighted by Gasteiger charge is -2.34. The second-order valence-electron chi connectivity index (χ2n) is 5.21. The molecule has 0 spiro atoms. The van der Waals surface area contributed by atoms with Crippen LogP contribution in [-0.4, -0.2) is 38.3 Å². The van der Waals surface area contributed by atoms with Crippen molar-refractivity contribution in [3.63, 3.8) is 0 Å². The normalized spacial score (nSPS) is 27.1. The van der Waals surface area contributed by atoms with E-state index < -0.39 is 11.1 Å². The number of hydrogen-bond donors (Lipinski definition) is 2. The molecular formula is C13H21N3O2S. The summed E-state index contributed by atoms with van der Waals surface area (Å²) in [6.07, 6.45) is 9.58. The number of rotatable bonds is 4. The molecule has 2 heterocycles. The average Bonchev–Trinajstić information content (AvgIpc) is 3.00. The Bertz CT molecular complexity index is 468. The maximum absolute atomic E-state index is 10.8. The molecule has 1 aliphatic heterocycles. The van der Waals surface area contributed by atoms with Gasteiger partial charge in [-0.2, -0.15) is 0 Å². The average molecular weight is 283 g/mol. The molecule has 1 aromatic heterocycles. The summed E-state index contributed by atoms with van der Waals surface area (Å²) in [4.78, 5) is 8.70. The first kappa shape index (κ1) is 13.1. The van der Waals surface area contributed by atoms with Gasteiger partial charge in [0.2, 0.25) is 0 Å². The maximum atomic E-state index is 10.8. The summed E-state index contributed by atoms with van der Waals surface area (Å²) in [5, 5.41) is 11.8. The number of fused-ring (bicyclic) bond motifs is 1. The molecule has 0 bridgehead atoms. The van der Waals surface area contributed by atoms with Crippen molar-refractivity contribution in [2.45, 2.75) is 37.5 Å². The largest absolute Gasteiger partial charge is 0.382 e. The maximum Gasteiger partial charge on any atom is 0.162 e. The molecule has 6 heteroatoms. The standard InChI is InChI=1S/C13H21N3O2S/c1-18-8-12-15-11-7-14-9-16(11)19(12)13(17)10-5-3-2-4-6-10/h7,9-10,13,17,19H,2-6,8H2,1H3. The molecule has 1 saturated carbocycles. The zero-order valence-corrected chi connectivity index (χ0v) is 12.1. The molecule has 1 fully saturated rings. The van der Waals surface area contributed by atoms with E-state index in [2.05, 4.69) is 9.98 Å². The third-order valence-electron chi connectivity index (χ3n) is 3.94. The lowest BCUT2D eigenvalue weighted by Crippen LogP contribution is -2.28. The number of imidazole rings is 1. The first-order valence-electron chi connectivity index (χ1n) is 6.87. The van der Waals surface area contributed by atoms with Gasteiger partial charge in [-0.1, -0.05) is 19.3 Å². The van der Waals surface area contributed by atoms with Gasteiger partial charge in [-0.25, -0.2) is 9.98 Å². The summed E-state index contributed by atoms with van der Waals surface area (Å²) in [7, 11) is 1.68. The Balaban J connectivity index is 1.82. The number of ether oxygens (including phenoxy) is 1. The van der Waals surface area contributed by atoms with Gasteiger partial charge >= 0.3 is 0 Å². The van der Waals surface area contributed by atoms with Gasteiger partial charge in [-0.3, -0.25) is 3.97 Å². The Hall–Kier alpha value is -0.850. The quantitative estimate of drug-likeness (QED) is 0.833. The summed E-state index contributed by atoms with van der Waals surface area (Å²) < 4.78 is 7.28. The second-order valence-corrected chi connectivity index (χ2v) is 7.38. The summed E-state index contributed by atoms with van der Waals surface area (Å²) in [6, 6.07) is 0. The molecule has 3 rings (SSSR count). The van der Waals surface area contributed by atoms with Crippen molar-refractivity contribution >= 4 is 21.9 Å². The van der Waals surface area contributed by atoms with E-state index in [9.17, 15) is 5.11 Å². The minimum absolute atomic E-state index is 0.320. The van der Waals surface area contributed by atoms with Crippen LogP contribution in [0.4, 0.5) is 5.82 Å². The van der Waals surface area contributed by atoms with Gasteiger partial charge in [0.25, 0.3) is 0 Å². The highest BCUT2D eigenvalue weighted by Crippen LogP contribution is 2.48. The lowest BCUT2D eigenvalue weighted by molar-refractivity contribution is 0.157. The van der Waals surface area contributed by atoms with Crippen LogP contribution < -0.4 is 0 Å². The number of thiol groups is 1. The predicted molar refractivity (Wildman–Crippen MR) is 78.2 cm³/mol. The van der Waals surface area contributed by atoms with Crippen LogP contribution >= 0.6 is 11.1 Å². The van der Waals surface area contributed by atoms with E-state index in [0.29, 0.717) is 12.5 Å². The summed E-state index contributed by atoms with van der Waals surface area (Å²) in [5.41, 5.74) is -0.320. The molecule has 1 aliphatic carbocycles. The van der Waals surface area contributed by atoms with Gasteiger partial charge in [0, 0.05) is 7.11 Å². The Morgan fingerprint density at radius 3 is 3.00 bits per heavy atom. The van der Waals surface area contributed by atoms with Crippen LogP contribution in [0.3, 0.4) is 0 Å². The lowest BCUT2D eigenvalue weighted by atomic mass is 9.90. The van der Waals surface area contributed by atoms with E-state index in [-0.39, 0.29) is 5.44 Å². The van der Waals surface area contributed by atoms with E-state index in [1.54, 1.807) is 19.6 Å². The summed E-state index contributed by atoms with van der Waals surface area (Å²) in [6.45, 7) is 0.497. The zero-order chi connectivity index (χ0) is 13.2. The first-order valence-corrected chi connectivity index (χ1v) is 8.24. The Labute approximate surface area is 116 Å². The molecule has 5 nitrogen and oxygen atoms in total. The highest BCUT2D eigenvalue weighted by atomic mass is 32.2. The van der Waals surface area contributed by atoms with Crippen molar-refractivity contribution in [3.05, 3.63) is 12.5 Å². The second kappa shape index (κ2) is 5.64. The molecular weight excluding hydrogens is 262 g/mol. The number of nitrogens with zero attached hydrogens (tertiary/aromatic N) is 3. The third kappa shape index (κ3) is 2.44. The molecule has 2 unspecified atom stereocenters.